The van der Waals surface area contributed by atoms with E-state index in [1.807, 2.05) is 0 Å². The summed E-state index contributed by atoms with van der Waals surface area (Å²) in [6.07, 6.45) is 1.38. The fourth-order valence-corrected chi connectivity index (χ4v) is 1.64. The van der Waals surface area contributed by atoms with E-state index in [1.165, 1.54) is 12.3 Å². The van der Waals surface area contributed by atoms with Crippen molar-refractivity contribution in [3.63, 3.8) is 0 Å². The number of aromatic nitrogens is 1. The molecule has 96 valence electrons. The van der Waals surface area contributed by atoms with Gasteiger partial charge in [-0.2, -0.15) is 0 Å². The third kappa shape index (κ3) is 3.53. The van der Waals surface area contributed by atoms with Crippen molar-refractivity contribution in [3.05, 3.63) is 63.9 Å². The Morgan fingerprint density at radius 3 is 2.26 bits per heavy atom. The summed E-state index contributed by atoms with van der Waals surface area (Å²) in [4.78, 5) is 18.3. The number of hydrogen-bond acceptors (Lipinski definition) is 2. The smallest absolute Gasteiger partial charge is 0.286 e. The molecule has 0 unspecified atom stereocenters. The van der Waals surface area contributed by atoms with Crippen molar-refractivity contribution in [2.75, 3.05) is 0 Å². The lowest BCUT2D eigenvalue weighted by molar-refractivity contribution is -0.345. The molecule has 0 radical (unpaired) electrons. The Balaban J connectivity index is 2.22. The third-order valence-electron chi connectivity index (χ3n) is 2.39. The van der Waals surface area contributed by atoms with E-state index in [9.17, 15) is 4.79 Å². The van der Waals surface area contributed by atoms with Gasteiger partial charge in [-0.25, -0.2) is 14.8 Å². The number of amides is 1. The first-order chi connectivity index (χ1) is 9.06. The molecule has 0 aliphatic carbocycles. The first-order valence-corrected chi connectivity index (χ1v) is 6.13. The highest BCUT2D eigenvalue weighted by Crippen LogP contribution is 2.08. The molecule has 0 saturated heterocycles. The molecule has 19 heavy (non-hydrogen) atoms. The number of nitrogens with one attached hydrogen (secondary N) is 1. The fourth-order valence-electron chi connectivity index (χ4n) is 1.41. The molecule has 1 amide bonds. The Hall–Kier alpha value is -1.91. The highest BCUT2D eigenvalue weighted by molar-refractivity contribution is 6.30. The lowest BCUT2D eigenvalue weighted by atomic mass is 10.2. The number of benzene rings is 1. The second kappa shape index (κ2) is 5.82. The third-order valence-corrected chi connectivity index (χ3v) is 2.87. The maximum atomic E-state index is 11.9. The summed E-state index contributed by atoms with van der Waals surface area (Å²) in [6.45, 7) is 0. The molecule has 0 aliphatic rings. The lowest BCUT2D eigenvalue weighted by Crippen LogP contribution is -2.79. The van der Waals surface area contributed by atoms with E-state index in [2.05, 4.69) is 9.98 Å². The monoisotopic (exact) mass is 294 g/mol. The van der Waals surface area contributed by atoms with Crippen LogP contribution in [-0.2, 0) is 0 Å². The van der Waals surface area contributed by atoms with Gasteiger partial charge in [0, 0.05) is 11.2 Å². The van der Waals surface area contributed by atoms with Crippen LogP contribution in [0.5, 0.6) is 0 Å². The largest absolute Gasteiger partial charge is 0.340 e. The maximum Gasteiger partial charge on any atom is 0.340 e. The van der Waals surface area contributed by atoms with Crippen molar-refractivity contribution in [2.24, 2.45) is 5.73 Å². The molecular formula is C13H10Cl2N3O+. The number of carbonyl (C=O) groups excluding carboxylic acids is 1. The number of nitrogens with zero attached hydrogens (tertiary/aromatic N) is 1. The molecule has 0 spiro atoms. The number of hydrogen-bond donors (Lipinski definition) is 2. The molecule has 6 heteroatoms. The Bertz CT molecular complexity index is 621. The van der Waals surface area contributed by atoms with Crippen LogP contribution in [0.15, 0.2) is 42.6 Å². The predicted octanol–water partition coefficient (Wildman–Crippen LogP) is 1.01. The minimum Gasteiger partial charge on any atom is -0.286 e. The zero-order valence-corrected chi connectivity index (χ0v) is 11.2. The highest BCUT2D eigenvalue weighted by Gasteiger charge is 2.11. The van der Waals surface area contributed by atoms with Crippen LogP contribution in [0, 0.1) is 0 Å². The number of amidine groups is 1. The van der Waals surface area contributed by atoms with Gasteiger partial charge in [-0.3, -0.25) is 5.73 Å². The fraction of sp³-hybridized carbons (Fsp3) is 0. The van der Waals surface area contributed by atoms with Gasteiger partial charge in [0.1, 0.15) is 5.15 Å². The summed E-state index contributed by atoms with van der Waals surface area (Å²) in [5.74, 6) is -0.103. The van der Waals surface area contributed by atoms with Crippen LogP contribution in [0.1, 0.15) is 15.9 Å². The number of nitrogen functional groups attached to an aromatic ring is 1. The van der Waals surface area contributed by atoms with Crippen LogP contribution < -0.4 is 10.7 Å². The van der Waals surface area contributed by atoms with Gasteiger partial charge in [0.2, 0.25) is 0 Å². The molecule has 4 nitrogen and oxygen atoms in total. The average molecular weight is 295 g/mol. The zero-order chi connectivity index (χ0) is 13.8. The Morgan fingerprint density at radius 1 is 1.05 bits per heavy atom. The SMILES string of the molecule is NC(=[NH+]C(=O)c1ccc(Cl)nc1)c1ccc(Cl)cc1. The summed E-state index contributed by atoms with van der Waals surface area (Å²) in [6, 6.07) is 9.93. The minimum atomic E-state index is -0.350. The number of pyridine rings is 1. The molecule has 1 heterocycles. The second-order valence-electron chi connectivity index (χ2n) is 3.74. The van der Waals surface area contributed by atoms with Crippen LogP contribution in [0.2, 0.25) is 10.2 Å². The number of rotatable bonds is 2. The number of halogens is 2. The Labute approximate surface area is 119 Å². The molecular weight excluding hydrogens is 285 g/mol. The lowest BCUT2D eigenvalue weighted by Gasteiger charge is -1.97. The molecule has 0 bridgehead atoms. The van der Waals surface area contributed by atoms with E-state index in [4.69, 9.17) is 28.9 Å². The van der Waals surface area contributed by atoms with Gasteiger partial charge < -0.3 is 0 Å². The van der Waals surface area contributed by atoms with Gasteiger partial charge in [0.25, 0.3) is 5.84 Å². The standard InChI is InChI=1S/C13H9Cl2N3O/c14-10-4-1-8(2-5-10)12(16)18-13(19)9-3-6-11(15)17-7-9/h1-7H,(H2,16,18,19)/p+1. The first kappa shape index (κ1) is 13.5. The van der Waals surface area contributed by atoms with Gasteiger partial charge in [0.05, 0.1) is 11.1 Å². The molecule has 1 aromatic heterocycles. The van der Waals surface area contributed by atoms with Crippen LogP contribution in [-0.4, -0.2) is 16.7 Å². The van der Waals surface area contributed by atoms with Crippen LogP contribution >= 0.6 is 23.2 Å². The Morgan fingerprint density at radius 2 is 1.68 bits per heavy atom. The van der Waals surface area contributed by atoms with E-state index in [1.54, 1.807) is 30.3 Å². The van der Waals surface area contributed by atoms with Crippen LogP contribution in [0.25, 0.3) is 0 Å². The van der Waals surface area contributed by atoms with E-state index in [0.717, 1.165) is 0 Å². The quantitative estimate of drug-likeness (QED) is 0.493. The summed E-state index contributed by atoms with van der Waals surface area (Å²) in [5.41, 5.74) is 6.86. The minimum absolute atomic E-state index is 0.247. The predicted molar refractivity (Wildman–Crippen MR) is 74.3 cm³/mol. The van der Waals surface area contributed by atoms with E-state index in [0.29, 0.717) is 21.3 Å². The van der Waals surface area contributed by atoms with Crippen molar-refractivity contribution in [1.29, 1.82) is 0 Å². The van der Waals surface area contributed by atoms with E-state index < -0.39 is 0 Å². The van der Waals surface area contributed by atoms with Crippen molar-refractivity contribution in [2.45, 2.75) is 0 Å². The molecule has 2 rings (SSSR count). The molecule has 0 aliphatic heterocycles. The molecule has 1 aromatic carbocycles. The van der Waals surface area contributed by atoms with Crippen LogP contribution in [0.3, 0.4) is 0 Å². The topological polar surface area (TPSA) is 70.0 Å². The average Bonchev–Trinajstić information content (AvgIpc) is 2.40. The van der Waals surface area contributed by atoms with Gasteiger partial charge in [-0.05, 0) is 36.4 Å². The Kier molecular flexibility index (Phi) is 4.14. The van der Waals surface area contributed by atoms with Crippen molar-refractivity contribution >= 4 is 34.9 Å². The normalized spacial score (nSPS) is 11.4. The van der Waals surface area contributed by atoms with Gasteiger partial charge in [-0.1, -0.05) is 23.2 Å². The van der Waals surface area contributed by atoms with Gasteiger partial charge in [0.15, 0.2) is 0 Å². The van der Waals surface area contributed by atoms with Gasteiger partial charge >= 0.3 is 5.91 Å². The van der Waals surface area contributed by atoms with Gasteiger partial charge in [-0.15, -0.1) is 0 Å². The molecule has 0 atom stereocenters. The summed E-state index contributed by atoms with van der Waals surface area (Å²) < 4.78 is 0. The van der Waals surface area contributed by atoms with E-state index in [-0.39, 0.29) is 11.7 Å². The van der Waals surface area contributed by atoms with Crippen molar-refractivity contribution in [1.82, 2.24) is 4.98 Å². The molecule has 0 fully saturated rings. The summed E-state index contributed by atoms with van der Waals surface area (Å²) in [7, 11) is 0. The molecule has 3 N–H and O–H groups in total. The van der Waals surface area contributed by atoms with E-state index >= 15 is 0 Å². The first-order valence-electron chi connectivity index (χ1n) is 5.37. The maximum absolute atomic E-state index is 11.9. The highest BCUT2D eigenvalue weighted by atomic mass is 35.5. The summed E-state index contributed by atoms with van der Waals surface area (Å²) >= 11 is 11.4. The number of carbonyl (C=O) groups is 1. The zero-order valence-electron chi connectivity index (χ0n) is 9.73. The molecule has 2 aromatic rings. The number of nitrogens with two attached hydrogens (primary N) is 1. The van der Waals surface area contributed by atoms with Crippen molar-refractivity contribution in [3.8, 4) is 0 Å². The van der Waals surface area contributed by atoms with Crippen molar-refractivity contribution < 1.29 is 9.79 Å². The summed E-state index contributed by atoms with van der Waals surface area (Å²) in [5, 5.41) is 0.927. The van der Waals surface area contributed by atoms with Crippen LogP contribution in [0.4, 0.5) is 0 Å². The second-order valence-corrected chi connectivity index (χ2v) is 4.57. The molecule has 0 saturated carbocycles.